The first-order chi connectivity index (χ1) is 17.7. The minimum Gasteiger partial charge on any atom is -0.469 e. The molecule has 0 bridgehead atoms. The number of benzene rings is 1. The zero-order valence-electron chi connectivity index (χ0n) is 26.5. The molecule has 0 fully saturated rings. The van der Waals surface area contributed by atoms with Crippen molar-refractivity contribution in [3.8, 4) is 0 Å². The second-order valence-electron chi connectivity index (χ2n) is 13.9. The van der Waals surface area contributed by atoms with E-state index in [1.54, 1.807) is 6.26 Å². The Balaban J connectivity index is 0.000000260. The van der Waals surface area contributed by atoms with Crippen LogP contribution in [-0.2, 0) is 21.7 Å². The van der Waals surface area contributed by atoms with Crippen molar-refractivity contribution < 1.29 is 13.3 Å². The summed E-state index contributed by atoms with van der Waals surface area (Å²) in [7, 11) is 0. The van der Waals surface area contributed by atoms with Gasteiger partial charge in [-0.05, 0) is 70.2 Å². The van der Waals surface area contributed by atoms with E-state index < -0.39 is 0 Å². The fourth-order valence-corrected chi connectivity index (χ4v) is 3.51. The molecule has 0 spiro atoms. The van der Waals surface area contributed by atoms with E-state index in [0.29, 0.717) is 5.41 Å². The number of furan rings is 3. The molecular weight excluding hydrogens is 548 g/mol. The van der Waals surface area contributed by atoms with Crippen LogP contribution in [0, 0.1) is 6.92 Å². The Hall–Kier alpha value is -2.46. The Morgan fingerprint density at radius 2 is 0.974 bits per heavy atom. The van der Waals surface area contributed by atoms with E-state index in [0.717, 1.165) is 27.7 Å². The average molecular weight is 600 g/mol. The lowest BCUT2D eigenvalue weighted by Gasteiger charge is -2.18. The third-order valence-electron chi connectivity index (χ3n) is 5.69. The Morgan fingerprint density at radius 1 is 0.487 bits per heavy atom. The SMILES string of the molecule is CC(C)(C)c1ccc(Br)o1.CC(C)(C)c1ccccc1.CC(C)(C)c1ccco1.Cc1ccc(C(C)(C)C)o1. The minimum atomic E-state index is 0.117. The Bertz CT molecular complexity index is 1130. The van der Waals surface area contributed by atoms with Crippen molar-refractivity contribution in [2.45, 2.75) is 112 Å². The predicted molar refractivity (Wildman–Crippen MR) is 170 cm³/mol. The molecule has 0 radical (unpaired) electrons. The van der Waals surface area contributed by atoms with Crippen molar-refractivity contribution in [2.24, 2.45) is 0 Å². The van der Waals surface area contributed by atoms with Crippen molar-refractivity contribution in [1.29, 1.82) is 0 Å². The lowest BCUT2D eigenvalue weighted by atomic mass is 9.87. The van der Waals surface area contributed by atoms with Crippen LogP contribution >= 0.6 is 15.9 Å². The maximum absolute atomic E-state index is 5.45. The van der Waals surface area contributed by atoms with Gasteiger partial charge in [0, 0.05) is 16.2 Å². The van der Waals surface area contributed by atoms with Gasteiger partial charge in [-0.25, -0.2) is 0 Å². The Morgan fingerprint density at radius 3 is 1.21 bits per heavy atom. The quantitative estimate of drug-likeness (QED) is 0.202. The molecule has 39 heavy (non-hydrogen) atoms. The summed E-state index contributed by atoms with van der Waals surface area (Å²) >= 11 is 3.26. The maximum Gasteiger partial charge on any atom is 0.169 e. The van der Waals surface area contributed by atoms with Crippen LogP contribution < -0.4 is 0 Å². The molecule has 0 N–H and O–H groups in total. The zero-order valence-corrected chi connectivity index (χ0v) is 28.1. The molecule has 3 aromatic heterocycles. The zero-order chi connectivity index (χ0) is 30.1. The van der Waals surface area contributed by atoms with E-state index in [9.17, 15) is 0 Å². The summed E-state index contributed by atoms with van der Waals surface area (Å²) in [4.78, 5) is 0. The van der Waals surface area contributed by atoms with Crippen LogP contribution in [0.15, 0.2) is 90.9 Å². The van der Waals surface area contributed by atoms with Crippen LogP contribution in [0.3, 0.4) is 0 Å². The van der Waals surface area contributed by atoms with Gasteiger partial charge in [-0.1, -0.05) is 113 Å². The number of hydrogen-bond acceptors (Lipinski definition) is 3. The molecule has 0 aliphatic carbocycles. The standard InChI is InChI=1S/C10H14.C9H14O.C8H11BrO.C8H12O/c1-10(2,3)9-7-5-4-6-8-9;1-7-5-6-8(10-7)9(2,3)4;1-8(2,3)6-4-5-7(9)10-6;1-8(2,3)7-5-4-6-9-7/h4-8H,1-3H3;5-6H,1-4H3;4-5H,1-3H3;4-6H,1-3H3. The molecule has 4 heteroatoms. The molecule has 0 saturated heterocycles. The van der Waals surface area contributed by atoms with Gasteiger partial charge in [-0.3, -0.25) is 0 Å². The normalized spacial score (nSPS) is 11.8. The monoisotopic (exact) mass is 598 g/mol. The second-order valence-corrected chi connectivity index (χ2v) is 14.6. The van der Waals surface area contributed by atoms with Gasteiger partial charge in [0.25, 0.3) is 0 Å². The van der Waals surface area contributed by atoms with Crippen LogP contribution in [0.1, 0.15) is 112 Å². The molecule has 3 nitrogen and oxygen atoms in total. The molecule has 0 aliphatic rings. The van der Waals surface area contributed by atoms with E-state index in [1.807, 2.05) is 43.3 Å². The smallest absolute Gasteiger partial charge is 0.169 e. The van der Waals surface area contributed by atoms with Gasteiger partial charge in [-0.2, -0.15) is 0 Å². The molecule has 216 valence electrons. The number of aryl methyl sites for hydroxylation is 1. The van der Waals surface area contributed by atoms with Crippen LogP contribution in [0.2, 0.25) is 0 Å². The molecule has 0 aliphatic heterocycles. The van der Waals surface area contributed by atoms with Gasteiger partial charge in [0.2, 0.25) is 0 Å². The fraction of sp³-hybridized carbons (Fsp3) is 0.486. The topological polar surface area (TPSA) is 39.4 Å². The van der Waals surface area contributed by atoms with E-state index in [-0.39, 0.29) is 16.2 Å². The van der Waals surface area contributed by atoms with E-state index in [2.05, 4.69) is 129 Å². The summed E-state index contributed by atoms with van der Waals surface area (Å²) < 4.78 is 16.8. The summed E-state index contributed by atoms with van der Waals surface area (Å²) in [5.41, 5.74) is 2.11. The third kappa shape index (κ3) is 13.4. The van der Waals surface area contributed by atoms with Crippen LogP contribution in [0.4, 0.5) is 0 Å². The lowest BCUT2D eigenvalue weighted by molar-refractivity contribution is 0.395. The largest absolute Gasteiger partial charge is 0.469 e. The summed E-state index contributed by atoms with van der Waals surface area (Å²) in [5.74, 6) is 4.11. The van der Waals surface area contributed by atoms with E-state index in [1.165, 1.54) is 5.56 Å². The van der Waals surface area contributed by atoms with Crippen molar-refractivity contribution in [2.75, 3.05) is 0 Å². The first-order valence-electron chi connectivity index (χ1n) is 13.6. The highest BCUT2D eigenvalue weighted by molar-refractivity contribution is 9.10. The molecule has 0 unspecified atom stereocenters. The van der Waals surface area contributed by atoms with Gasteiger partial charge in [0.1, 0.15) is 23.0 Å². The van der Waals surface area contributed by atoms with E-state index >= 15 is 0 Å². The van der Waals surface area contributed by atoms with Gasteiger partial charge in [-0.15, -0.1) is 0 Å². The molecule has 3 heterocycles. The van der Waals surface area contributed by atoms with Crippen LogP contribution in [-0.4, -0.2) is 0 Å². The van der Waals surface area contributed by atoms with Crippen molar-refractivity contribution in [1.82, 2.24) is 0 Å². The summed E-state index contributed by atoms with van der Waals surface area (Å²) in [6.07, 6.45) is 1.71. The fourth-order valence-electron chi connectivity index (χ4n) is 3.20. The predicted octanol–water partition coefficient (Wildman–Crippen LogP) is 11.8. The molecule has 4 rings (SSSR count). The van der Waals surface area contributed by atoms with E-state index in [4.69, 9.17) is 13.3 Å². The highest BCUT2D eigenvalue weighted by Crippen LogP contribution is 2.26. The second kappa shape index (κ2) is 14.3. The number of hydrogen-bond donors (Lipinski definition) is 0. The highest BCUT2D eigenvalue weighted by Gasteiger charge is 2.18. The maximum atomic E-state index is 5.45. The highest BCUT2D eigenvalue weighted by atomic mass is 79.9. The third-order valence-corrected chi connectivity index (χ3v) is 6.12. The van der Waals surface area contributed by atoms with Crippen molar-refractivity contribution >= 4 is 15.9 Å². The Labute approximate surface area is 246 Å². The molecule has 0 atom stereocenters. The van der Waals surface area contributed by atoms with Gasteiger partial charge < -0.3 is 13.3 Å². The average Bonchev–Trinajstić information content (AvgIpc) is 3.56. The van der Waals surface area contributed by atoms with Crippen molar-refractivity contribution in [3.05, 3.63) is 106 Å². The summed E-state index contributed by atoms with van der Waals surface area (Å²) in [6.45, 7) is 27.8. The molecule has 0 saturated carbocycles. The first kappa shape index (κ1) is 34.6. The molecule has 0 amide bonds. The number of halogens is 1. The lowest BCUT2D eigenvalue weighted by Crippen LogP contribution is -2.10. The minimum absolute atomic E-state index is 0.117. The molecule has 1 aromatic carbocycles. The summed E-state index contributed by atoms with van der Waals surface area (Å²) in [5, 5.41) is 0. The van der Waals surface area contributed by atoms with Crippen LogP contribution in [0.25, 0.3) is 0 Å². The van der Waals surface area contributed by atoms with Crippen molar-refractivity contribution in [3.63, 3.8) is 0 Å². The number of rotatable bonds is 0. The van der Waals surface area contributed by atoms with Gasteiger partial charge in [0.05, 0.1) is 6.26 Å². The first-order valence-corrected chi connectivity index (χ1v) is 14.4. The van der Waals surface area contributed by atoms with Gasteiger partial charge in [0.15, 0.2) is 4.67 Å². The van der Waals surface area contributed by atoms with Gasteiger partial charge >= 0.3 is 0 Å². The molecular formula is C35H51BrO3. The Kier molecular flexibility index (Phi) is 12.6. The van der Waals surface area contributed by atoms with Crippen LogP contribution in [0.5, 0.6) is 0 Å². The summed E-state index contributed by atoms with van der Waals surface area (Å²) in [6, 6.07) is 22.4. The molecule has 4 aromatic rings.